The first-order valence-electron chi connectivity index (χ1n) is 8.06. The highest BCUT2D eigenvalue weighted by atomic mass is 16.3. The third-order valence-electron chi connectivity index (χ3n) is 4.87. The van der Waals surface area contributed by atoms with Gasteiger partial charge in [0.15, 0.2) is 0 Å². The Morgan fingerprint density at radius 1 is 0.955 bits per heavy atom. The summed E-state index contributed by atoms with van der Waals surface area (Å²) < 4.78 is 5.81. The molecule has 0 amide bonds. The molecule has 1 aliphatic rings. The summed E-state index contributed by atoms with van der Waals surface area (Å²) in [6, 6.07) is 17.1. The molecule has 4 rings (SSSR count). The van der Waals surface area contributed by atoms with Crippen molar-refractivity contribution in [2.24, 2.45) is 0 Å². The fourth-order valence-corrected chi connectivity index (χ4v) is 3.49. The molecule has 112 valence electrons. The minimum atomic E-state index is 0.628. The van der Waals surface area contributed by atoms with Gasteiger partial charge in [0, 0.05) is 10.9 Å². The van der Waals surface area contributed by atoms with Gasteiger partial charge in [-0.2, -0.15) is 0 Å². The lowest BCUT2D eigenvalue weighted by molar-refractivity contribution is 0.255. The summed E-state index contributed by atoms with van der Waals surface area (Å²) in [6.07, 6.45) is 4.43. The third-order valence-corrected chi connectivity index (χ3v) is 4.87. The summed E-state index contributed by atoms with van der Waals surface area (Å²) in [5.41, 5.74) is 4.93. The van der Waals surface area contributed by atoms with Crippen LogP contribution in [0.4, 0.5) is 0 Å². The fourth-order valence-electron chi connectivity index (χ4n) is 3.49. The molecule has 0 atom stereocenters. The van der Waals surface area contributed by atoms with Crippen LogP contribution in [0.5, 0.6) is 0 Å². The zero-order valence-electron chi connectivity index (χ0n) is 13.0. The van der Waals surface area contributed by atoms with Gasteiger partial charge in [0.05, 0.1) is 6.26 Å². The lowest BCUT2D eigenvalue weighted by Gasteiger charge is -2.28. The molecule has 2 heterocycles. The van der Waals surface area contributed by atoms with Gasteiger partial charge in [0.1, 0.15) is 5.58 Å². The normalized spacial score (nSPS) is 17.1. The van der Waals surface area contributed by atoms with Crippen molar-refractivity contribution in [3.05, 3.63) is 60.4 Å². The van der Waals surface area contributed by atoms with E-state index in [0.717, 1.165) is 5.58 Å². The third kappa shape index (κ3) is 2.44. The smallest absolute Gasteiger partial charge is 0.134 e. The van der Waals surface area contributed by atoms with Gasteiger partial charge in [0.2, 0.25) is 0 Å². The first kappa shape index (κ1) is 13.6. The van der Waals surface area contributed by atoms with Crippen LogP contribution in [-0.2, 0) is 0 Å². The number of nitrogens with zero attached hydrogens (tertiary/aromatic N) is 1. The summed E-state index contributed by atoms with van der Waals surface area (Å²) in [5.74, 6) is 0.628. The van der Waals surface area contributed by atoms with Crippen molar-refractivity contribution in [3.8, 4) is 11.1 Å². The quantitative estimate of drug-likeness (QED) is 0.667. The number of fused-ring (bicyclic) bond motifs is 1. The first-order valence-corrected chi connectivity index (χ1v) is 8.06. The van der Waals surface area contributed by atoms with Gasteiger partial charge in [-0.25, -0.2) is 0 Å². The first-order chi connectivity index (χ1) is 10.8. The molecule has 0 spiro atoms. The fraction of sp³-hybridized carbons (Fsp3) is 0.300. The molecule has 1 saturated heterocycles. The molecule has 0 aliphatic carbocycles. The average molecular weight is 291 g/mol. The molecule has 2 nitrogen and oxygen atoms in total. The van der Waals surface area contributed by atoms with E-state index in [0.29, 0.717) is 5.92 Å². The van der Waals surface area contributed by atoms with E-state index in [-0.39, 0.29) is 0 Å². The Labute approximate surface area is 131 Å². The van der Waals surface area contributed by atoms with Crippen molar-refractivity contribution in [2.45, 2.75) is 18.8 Å². The summed E-state index contributed by atoms with van der Waals surface area (Å²) in [5, 5.41) is 1.29. The topological polar surface area (TPSA) is 16.4 Å². The van der Waals surface area contributed by atoms with Crippen molar-refractivity contribution in [3.63, 3.8) is 0 Å². The minimum Gasteiger partial charge on any atom is -0.464 e. The van der Waals surface area contributed by atoms with E-state index in [9.17, 15) is 0 Å². The van der Waals surface area contributed by atoms with Crippen molar-refractivity contribution >= 4 is 11.0 Å². The second-order valence-corrected chi connectivity index (χ2v) is 6.35. The van der Waals surface area contributed by atoms with Crippen LogP contribution in [0.2, 0.25) is 0 Å². The molecule has 1 aliphatic heterocycles. The van der Waals surface area contributed by atoms with E-state index in [4.69, 9.17) is 4.42 Å². The Morgan fingerprint density at radius 2 is 1.73 bits per heavy atom. The Hall–Kier alpha value is -2.06. The van der Waals surface area contributed by atoms with E-state index in [1.807, 2.05) is 6.26 Å². The van der Waals surface area contributed by atoms with Gasteiger partial charge in [-0.15, -0.1) is 0 Å². The molecule has 0 bridgehead atoms. The molecule has 0 radical (unpaired) electrons. The minimum absolute atomic E-state index is 0.628. The zero-order chi connectivity index (χ0) is 14.9. The Kier molecular flexibility index (Phi) is 3.47. The number of likely N-dealkylation sites (tertiary alicyclic amines) is 1. The van der Waals surface area contributed by atoms with E-state index in [2.05, 4.69) is 60.5 Å². The maximum absolute atomic E-state index is 5.81. The molecule has 2 aromatic carbocycles. The molecular formula is C20H21NO. The van der Waals surface area contributed by atoms with Crippen molar-refractivity contribution in [1.82, 2.24) is 4.90 Å². The summed E-state index contributed by atoms with van der Waals surface area (Å²) in [4.78, 5) is 2.41. The number of rotatable bonds is 2. The second-order valence-electron chi connectivity index (χ2n) is 6.35. The van der Waals surface area contributed by atoms with Crippen LogP contribution >= 0.6 is 0 Å². The predicted octanol–water partition coefficient (Wildman–Crippen LogP) is 4.91. The molecule has 22 heavy (non-hydrogen) atoms. The standard InChI is InChI=1S/C20H21NO/c1-21-11-9-16(10-12-21)19-14-22-20-8-7-17(13-18(19)20)15-5-3-2-4-6-15/h2-8,13-14,16H,9-12H2,1H3. The highest BCUT2D eigenvalue weighted by Crippen LogP contribution is 2.36. The molecule has 0 saturated carbocycles. The van der Waals surface area contributed by atoms with Gasteiger partial charge in [-0.3, -0.25) is 0 Å². The molecule has 1 aromatic heterocycles. The lowest BCUT2D eigenvalue weighted by atomic mass is 9.89. The van der Waals surface area contributed by atoms with Gasteiger partial charge < -0.3 is 9.32 Å². The summed E-state index contributed by atoms with van der Waals surface area (Å²) in [6.45, 7) is 2.35. The average Bonchev–Trinajstić information content (AvgIpc) is 2.99. The van der Waals surface area contributed by atoms with Crippen molar-refractivity contribution < 1.29 is 4.42 Å². The van der Waals surface area contributed by atoms with E-state index in [1.165, 1.54) is 48.0 Å². The van der Waals surface area contributed by atoms with Crippen molar-refractivity contribution in [1.29, 1.82) is 0 Å². The number of hydrogen-bond acceptors (Lipinski definition) is 2. The van der Waals surface area contributed by atoms with Crippen LogP contribution in [0.3, 0.4) is 0 Å². The van der Waals surface area contributed by atoms with Crippen LogP contribution in [0.25, 0.3) is 22.1 Å². The maximum atomic E-state index is 5.81. The Balaban J connectivity index is 1.74. The van der Waals surface area contributed by atoms with Crippen LogP contribution in [0.1, 0.15) is 24.3 Å². The predicted molar refractivity (Wildman–Crippen MR) is 91.1 cm³/mol. The Bertz CT molecular complexity index is 767. The number of piperidine rings is 1. The van der Waals surface area contributed by atoms with Crippen LogP contribution in [0, 0.1) is 0 Å². The zero-order valence-corrected chi connectivity index (χ0v) is 13.0. The van der Waals surface area contributed by atoms with Gasteiger partial charge in [0.25, 0.3) is 0 Å². The van der Waals surface area contributed by atoms with Gasteiger partial charge in [-0.1, -0.05) is 36.4 Å². The molecule has 1 fully saturated rings. The number of hydrogen-bond donors (Lipinski definition) is 0. The largest absolute Gasteiger partial charge is 0.464 e. The molecule has 2 heteroatoms. The van der Waals surface area contributed by atoms with Crippen LogP contribution in [0.15, 0.2) is 59.2 Å². The SMILES string of the molecule is CN1CCC(c2coc3ccc(-c4ccccc4)cc23)CC1. The van der Waals surface area contributed by atoms with Gasteiger partial charge in [-0.05, 0) is 62.2 Å². The van der Waals surface area contributed by atoms with Crippen molar-refractivity contribution in [2.75, 3.05) is 20.1 Å². The highest BCUT2D eigenvalue weighted by Gasteiger charge is 2.22. The van der Waals surface area contributed by atoms with E-state index < -0.39 is 0 Å². The maximum Gasteiger partial charge on any atom is 0.134 e. The van der Waals surface area contributed by atoms with E-state index in [1.54, 1.807) is 0 Å². The van der Waals surface area contributed by atoms with Crippen LogP contribution < -0.4 is 0 Å². The second kappa shape index (κ2) is 5.62. The number of furan rings is 1. The molecular weight excluding hydrogens is 270 g/mol. The monoisotopic (exact) mass is 291 g/mol. The number of benzene rings is 2. The Morgan fingerprint density at radius 3 is 2.50 bits per heavy atom. The molecule has 0 N–H and O–H groups in total. The summed E-state index contributed by atoms with van der Waals surface area (Å²) >= 11 is 0. The molecule has 0 unspecified atom stereocenters. The van der Waals surface area contributed by atoms with E-state index >= 15 is 0 Å². The van der Waals surface area contributed by atoms with Gasteiger partial charge >= 0.3 is 0 Å². The lowest BCUT2D eigenvalue weighted by Crippen LogP contribution is -2.29. The highest BCUT2D eigenvalue weighted by molar-refractivity contribution is 5.86. The summed E-state index contributed by atoms with van der Waals surface area (Å²) in [7, 11) is 2.21. The molecule has 3 aromatic rings. The van der Waals surface area contributed by atoms with Crippen LogP contribution in [-0.4, -0.2) is 25.0 Å².